The van der Waals surface area contributed by atoms with Crippen molar-refractivity contribution in [3.63, 3.8) is 0 Å². The van der Waals surface area contributed by atoms with Crippen LogP contribution in [0.4, 0.5) is 5.69 Å². The fourth-order valence-corrected chi connectivity index (χ4v) is 1.47. The molecule has 0 aliphatic carbocycles. The first-order valence-corrected chi connectivity index (χ1v) is 5.95. The van der Waals surface area contributed by atoms with Gasteiger partial charge in [-0.3, -0.25) is 10.1 Å². The van der Waals surface area contributed by atoms with Crippen molar-refractivity contribution in [1.82, 2.24) is 0 Å². The van der Waals surface area contributed by atoms with E-state index in [1.54, 1.807) is 12.1 Å². The molecule has 1 aromatic carbocycles. The Morgan fingerprint density at radius 1 is 1.17 bits per heavy atom. The van der Waals surface area contributed by atoms with Crippen molar-refractivity contribution in [1.29, 1.82) is 0 Å². The van der Waals surface area contributed by atoms with Gasteiger partial charge in [0.25, 0.3) is 5.69 Å². The summed E-state index contributed by atoms with van der Waals surface area (Å²) in [5.41, 5.74) is 0.698. The van der Waals surface area contributed by atoms with Gasteiger partial charge >= 0.3 is 7.12 Å². The zero-order valence-electron chi connectivity index (χ0n) is 11.1. The Bertz CT molecular complexity index is 399. The highest BCUT2D eigenvalue weighted by atomic mass is 16.6. The molecule has 5 nitrogen and oxygen atoms in total. The SMILES string of the molecule is CC(C)OB(OC(C)C)c1cccc([N+](=O)[O-])c1. The predicted octanol–water partition coefficient (Wildman–Crippen LogP) is 2.14. The molecule has 0 saturated heterocycles. The van der Waals surface area contributed by atoms with E-state index in [1.165, 1.54) is 12.1 Å². The summed E-state index contributed by atoms with van der Waals surface area (Å²) in [6.45, 7) is 7.59. The molecule has 0 radical (unpaired) electrons. The average Bonchev–Trinajstić information content (AvgIpc) is 2.27. The fourth-order valence-electron chi connectivity index (χ4n) is 1.47. The normalized spacial score (nSPS) is 11.0. The average molecular weight is 251 g/mol. The van der Waals surface area contributed by atoms with Crippen molar-refractivity contribution in [2.45, 2.75) is 39.9 Å². The van der Waals surface area contributed by atoms with Crippen molar-refractivity contribution in [3.8, 4) is 0 Å². The van der Waals surface area contributed by atoms with Crippen LogP contribution in [0.1, 0.15) is 27.7 Å². The lowest BCUT2D eigenvalue weighted by Crippen LogP contribution is -2.40. The second kappa shape index (κ2) is 6.51. The van der Waals surface area contributed by atoms with Gasteiger partial charge in [0.1, 0.15) is 0 Å². The monoisotopic (exact) mass is 251 g/mol. The van der Waals surface area contributed by atoms with E-state index in [2.05, 4.69) is 0 Å². The minimum atomic E-state index is -0.579. The number of rotatable bonds is 6. The van der Waals surface area contributed by atoms with E-state index >= 15 is 0 Å². The van der Waals surface area contributed by atoms with Crippen LogP contribution in [-0.4, -0.2) is 24.2 Å². The molecule has 0 unspecified atom stereocenters. The largest absolute Gasteiger partial charge is 0.494 e. The van der Waals surface area contributed by atoms with Crippen molar-refractivity contribution in [2.75, 3.05) is 0 Å². The van der Waals surface area contributed by atoms with Gasteiger partial charge in [0, 0.05) is 24.3 Å². The van der Waals surface area contributed by atoms with Gasteiger partial charge in [0.2, 0.25) is 0 Å². The van der Waals surface area contributed by atoms with E-state index < -0.39 is 12.0 Å². The first-order chi connectivity index (χ1) is 8.40. The van der Waals surface area contributed by atoms with E-state index in [9.17, 15) is 10.1 Å². The zero-order chi connectivity index (χ0) is 13.7. The third kappa shape index (κ3) is 4.47. The molecule has 1 rings (SSSR count). The number of nitrogens with zero attached hydrogens (tertiary/aromatic N) is 1. The lowest BCUT2D eigenvalue weighted by Gasteiger charge is -2.19. The summed E-state index contributed by atoms with van der Waals surface area (Å²) in [7, 11) is -0.579. The molecule has 0 fully saturated rings. The predicted molar refractivity (Wildman–Crippen MR) is 70.9 cm³/mol. The van der Waals surface area contributed by atoms with E-state index in [0.29, 0.717) is 5.46 Å². The van der Waals surface area contributed by atoms with E-state index in [0.717, 1.165) is 0 Å². The summed E-state index contributed by atoms with van der Waals surface area (Å²) in [4.78, 5) is 10.3. The summed E-state index contributed by atoms with van der Waals surface area (Å²) >= 11 is 0. The lowest BCUT2D eigenvalue weighted by atomic mass is 9.78. The highest BCUT2D eigenvalue weighted by Gasteiger charge is 2.25. The number of benzene rings is 1. The van der Waals surface area contributed by atoms with Gasteiger partial charge in [0.15, 0.2) is 0 Å². The Morgan fingerprint density at radius 2 is 1.72 bits per heavy atom. The summed E-state index contributed by atoms with van der Waals surface area (Å²) in [6, 6.07) is 6.33. The van der Waals surface area contributed by atoms with Crippen LogP contribution in [0.25, 0.3) is 0 Å². The molecule has 0 aromatic heterocycles. The van der Waals surface area contributed by atoms with Gasteiger partial charge < -0.3 is 9.31 Å². The van der Waals surface area contributed by atoms with Gasteiger partial charge in [0.05, 0.1) is 4.92 Å². The quantitative estimate of drug-likeness (QED) is 0.441. The second-order valence-electron chi connectivity index (χ2n) is 4.55. The number of hydrogen-bond donors (Lipinski definition) is 0. The molecule has 0 N–H and O–H groups in total. The molecule has 0 bridgehead atoms. The van der Waals surface area contributed by atoms with E-state index in [1.807, 2.05) is 27.7 Å². The second-order valence-corrected chi connectivity index (χ2v) is 4.55. The molecule has 0 aliphatic heterocycles. The molecule has 0 amide bonds. The van der Waals surface area contributed by atoms with Crippen LogP contribution in [0.3, 0.4) is 0 Å². The summed E-state index contributed by atoms with van der Waals surface area (Å²) < 4.78 is 11.3. The number of nitro groups is 1. The maximum Gasteiger partial charge on any atom is 0.494 e. The van der Waals surface area contributed by atoms with Crippen LogP contribution in [0.2, 0.25) is 0 Å². The molecule has 98 valence electrons. The smallest absolute Gasteiger partial charge is 0.405 e. The van der Waals surface area contributed by atoms with Crippen molar-refractivity contribution in [3.05, 3.63) is 34.4 Å². The fraction of sp³-hybridized carbons (Fsp3) is 0.500. The highest BCUT2D eigenvalue weighted by Crippen LogP contribution is 2.09. The number of nitro benzene ring substituents is 1. The Labute approximate surface area is 107 Å². The summed E-state index contributed by atoms with van der Waals surface area (Å²) in [5, 5.41) is 10.7. The van der Waals surface area contributed by atoms with Crippen LogP contribution in [0, 0.1) is 10.1 Å². The third-order valence-electron chi connectivity index (χ3n) is 2.14. The van der Waals surface area contributed by atoms with Gasteiger partial charge in [-0.1, -0.05) is 12.1 Å². The van der Waals surface area contributed by atoms with Gasteiger partial charge in [-0.05, 0) is 33.2 Å². The Hall–Kier alpha value is -1.40. The molecule has 0 atom stereocenters. The Morgan fingerprint density at radius 3 is 2.17 bits per heavy atom. The van der Waals surface area contributed by atoms with Crippen LogP contribution in [-0.2, 0) is 9.31 Å². The van der Waals surface area contributed by atoms with Gasteiger partial charge in [-0.2, -0.15) is 0 Å². The number of hydrogen-bond acceptors (Lipinski definition) is 4. The van der Waals surface area contributed by atoms with Gasteiger partial charge in [-0.25, -0.2) is 0 Å². The van der Waals surface area contributed by atoms with Crippen molar-refractivity contribution < 1.29 is 14.2 Å². The van der Waals surface area contributed by atoms with E-state index in [4.69, 9.17) is 9.31 Å². The molecular weight excluding hydrogens is 233 g/mol. The van der Waals surface area contributed by atoms with Crippen molar-refractivity contribution in [2.24, 2.45) is 0 Å². The molecule has 0 spiro atoms. The first-order valence-electron chi connectivity index (χ1n) is 5.95. The van der Waals surface area contributed by atoms with Crippen LogP contribution < -0.4 is 5.46 Å². The molecular formula is C12H18BNO4. The zero-order valence-corrected chi connectivity index (χ0v) is 11.1. The lowest BCUT2D eigenvalue weighted by molar-refractivity contribution is -0.384. The Kier molecular flexibility index (Phi) is 5.31. The third-order valence-corrected chi connectivity index (χ3v) is 2.14. The highest BCUT2D eigenvalue weighted by molar-refractivity contribution is 6.61. The van der Waals surface area contributed by atoms with Crippen LogP contribution in [0.5, 0.6) is 0 Å². The standard InChI is InChI=1S/C12H18BNO4/c1-9(2)17-13(18-10(3)4)11-6-5-7-12(8-11)14(15)16/h5-10H,1-4H3. The minimum absolute atomic E-state index is 0.0204. The molecule has 1 aromatic rings. The number of non-ortho nitro benzene ring substituents is 1. The van der Waals surface area contributed by atoms with Crippen molar-refractivity contribution >= 4 is 18.3 Å². The van der Waals surface area contributed by atoms with Crippen LogP contribution in [0.15, 0.2) is 24.3 Å². The summed E-state index contributed by atoms with van der Waals surface area (Å²) in [5.74, 6) is 0. The molecule has 0 heterocycles. The minimum Gasteiger partial charge on any atom is -0.405 e. The van der Waals surface area contributed by atoms with E-state index in [-0.39, 0.29) is 17.9 Å². The van der Waals surface area contributed by atoms with Crippen LogP contribution >= 0.6 is 0 Å². The topological polar surface area (TPSA) is 61.6 Å². The first kappa shape index (κ1) is 14.7. The molecule has 0 aliphatic rings. The summed E-state index contributed by atoms with van der Waals surface area (Å²) in [6.07, 6.45) is -0.0407. The molecule has 0 saturated carbocycles. The molecule has 6 heteroatoms. The Balaban J connectivity index is 2.96. The van der Waals surface area contributed by atoms with Gasteiger partial charge in [-0.15, -0.1) is 0 Å². The maximum absolute atomic E-state index is 10.7. The maximum atomic E-state index is 10.7. The molecule has 18 heavy (non-hydrogen) atoms.